The van der Waals surface area contributed by atoms with E-state index in [4.69, 9.17) is 9.47 Å². The monoisotopic (exact) mass is 321 g/mol. The van der Waals surface area contributed by atoms with Crippen molar-refractivity contribution in [2.75, 3.05) is 6.61 Å². The van der Waals surface area contributed by atoms with Gasteiger partial charge in [-0.2, -0.15) is 0 Å². The first kappa shape index (κ1) is 19.0. The van der Waals surface area contributed by atoms with Crippen molar-refractivity contribution in [3.8, 4) is 0 Å². The van der Waals surface area contributed by atoms with Crippen LogP contribution in [0.15, 0.2) is 24.3 Å². The molecule has 23 heavy (non-hydrogen) atoms. The molecule has 0 spiro atoms. The van der Waals surface area contributed by atoms with Crippen LogP contribution >= 0.6 is 0 Å². The number of carbonyl (C=O) groups is 2. The van der Waals surface area contributed by atoms with Crippen LogP contribution in [0.5, 0.6) is 0 Å². The third-order valence-electron chi connectivity index (χ3n) is 3.04. The summed E-state index contributed by atoms with van der Waals surface area (Å²) in [6.45, 7) is 9.49. The molecule has 1 atom stereocenters. The van der Waals surface area contributed by atoms with Crippen LogP contribution in [-0.4, -0.2) is 30.3 Å². The molecule has 1 N–H and O–H groups in total. The number of amides is 1. The van der Waals surface area contributed by atoms with Crippen molar-refractivity contribution in [2.24, 2.45) is 0 Å². The molecule has 0 radical (unpaired) electrons. The molecule has 0 fully saturated rings. The van der Waals surface area contributed by atoms with E-state index < -0.39 is 11.7 Å². The minimum atomic E-state index is -0.581. The highest BCUT2D eigenvalue weighted by Crippen LogP contribution is 2.11. The maximum absolute atomic E-state index is 12.0. The van der Waals surface area contributed by atoms with Crippen LogP contribution in [-0.2, 0) is 20.7 Å². The van der Waals surface area contributed by atoms with Gasteiger partial charge in [0.25, 0.3) is 0 Å². The molecule has 0 aliphatic rings. The summed E-state index contributed by atoms with van der Waals surface area (Å²) in [5, 5.41) is 2.76. The highest BCUT2D eigenvalue weighted by molar-refractivity contribution is 5.73. The number of hydrogen-bond donors (Lipinski definition) is 1. The minimum absolute atomic E-state index is 0.112. The first-order chi connectivity index (χ1) is 10.7. The van der Waals surface area contributed by atoms with Crippen LogP contribution in [0.4, 0.5) is 4.79 Å². The molecular weight excluding hydrogens is 294 g/mol. The van der Waals surface area contributed by atoms with E-state index in [1.54, 1.807) is 27.7 Å². The Morgan fingerprint density at radius 2 is 1.78 bits per heavy atom. The van der Waals surface area contributed by atoms with Crippen molar-refractivity contribution in [3.05, 3.63) is 35.4 Å². The Balaban J connectivity index is 2.73. The largest absolute Gasteiger partial charge is 0.466 e. The third-order valence-corrected chi connectivity index (χ3v) is 3.04. The average molecular weight is 321 g/mol. The van der Waals surface area contributed by atoms with Crippen molar-refractivity contribution in [3.63, 3.8) is 0 Å². The Kier molecular flexibility index (Phi) is 7.07. The smallest absolute Gasteiger partial charge is 0.407 e. The van der Waals surface area contributed by atoms with E-state index in [1.165, 1.54) is 0 Å². The number of ether oxygens (including phenoxy) is 2. The lowest BCUT2D eigenvalue weighted by Gasteiger charge is -2.23. The second kappa shape index (κ2) is 8.56. The zero-order valence-electron chi connectivity index (χ0n) is 14.6. The molecule has 1 rings (SSSR count). The van der Waals surface area contributed by atoms with Crippen molar-refractivity contribution in [2.45, 2.75) is 59.1 Å². The maximum atomic E-state index is 12.0. The summed E-state index contributed by atoms with van der Waals surface area (Å²) in [6, 6.07) is 7.62. The number of rotatable bonds is 6. The fourth-order valence-corrected chi connectivity index (χ4v) is 2.08. The predicted octanol–water partition coefficient (Wildman–Crippen LogP) is 3.38. The van der Waals surface area contributed by atoms with Crippen LogP contribution in [0.2, 0.25) is 0 Å². The van der Waals surface area contributed by atoms with Gasteiger partial charge in [0.2, 0.25) is 0 Å². The molecule has 0 unspecified atom stereocenters. The molecule has 0 heterocycles. The van der Waals surface area contributed by atoms with E-state index in [-0.39, 0.29) is 18.4 Å². The molecule has 0 bridgehead atoms. The Bertz CT molecular complexity index is 517. The van der Waals surface area contributed by atoms with E-state index in [1.807, 2.05) is 31.2 Å². The molecule has 1 aromatic rings. The fraction of sp³-hybridized carbons (Fsp3) is 0.556. The fourth-order valence-electron chi connectivity index (χ4n) is 2.08. The van der Waals surface area contributed by atoms with Gasteiger partial charge in [0, 0.05) is 6.04 Å². The van der Waals surface area contributed by atoms with Gasteiger partial charge in [0.15, 0.2) is 0 Å². The van der Waals surface area contributed by atoms with E-state index in [2.05, 4.69) is 5.32 Å². The Morgan fingerprint density at radius 1 is 1.17 bits per heavy atom. The molecule has 0 aromatic heterocycles. The summed E-state index contributed by atoms with van der Waals surface area (Å²) in [5.41, 5.74) is 1.62. The number of aryl methyl sites for hydroxylation is 1. The van der Waals surface area contributed by atoms with Gasteiger partial charge in [0.05, 0.1) is 13.0 Å². The molecule has 0 saturated heterocycles. The third kappa shape index (κ3) is 8.24. The molecule has 1 amide bonds. The SMILES string of the molecule is CCOC(=O)C[C@@H](Cc1ccc(C)cc1)NC(=O)OC(C)(C)C. The van der Waals surface area contributed by atoms with Gasteiger partial charge < -0.3 is 14.8 Å². The van der Waals surface area contributed by atoms with E-state index in [0.717, 1.165) is 11.1 Å². The average Bonchev–Trinajstić information content (AvgIpc) is 2.39. The summed E-state index contributed by atoms with van der Waals surface area (Å²) >= 11 is 0. The normalized spacial score (nSPS) is 12.4. The van der Waals surface area contributed by atoms with E-state index in [9.17, 15) is 9.59 Å². The molecule has 1 aromatic carbocycles. The molecular formula is C18H27NO4. The summed E-state index contributed by atoms with van der Waals surface area (Å²) in [7, 11) is 0. The van der Waals surface area contributed by atoms with Crippen molar-refractivity contribution >= 4 is 12.1 Å². The molecule has 5 nitrogen and oxygen atoms in total. The second-order valence-electron chi connectivity index (χ2n) is 6.54. The molecule has 0 saturated carbocycles. The number of carbonyl (C=O) groups excluding carboxylic acids is 2. The lowest BCUT2D eigenvalue weighted by molar-refractivity contribution is -0.143. The number of alkyl carbamates (subject to hydrolysis) is 1. The van der Waals surface area contributed by atoms with Gasteiger partial charge in [-0.15, -0.1) is 0 Å². The second-order valence-corrected chi connectivity index (χ2v) is 6.54. The highest BCUT2D eigenvalue weighted by atomic mass is 16.6. The van der Waals surface area contributed by atoms with Crippen LogP contribution in [0.3, 0.4) is 0 Å². The van der Waals surface area contributed by atoms with E-state index in [0.29, 0.717) is 13.0 Å². The molecule has 5 heteroatoms. The van der Waals surface area contributed by atoms with Gasteiger partial charge in [-0.3, -0.25) is 4.79 Å². The first-order valence-corrected chi connectivity index (χ1v) is 7.90. The van der Waals surface area contributed by atoms with Crippen LogP contribution < -0.4 is 5.32 Å². The Labute approximate surface area is 138 Å². The first-order valence-electron chi connectivity index (χ1n) is 7.90. The van der Waals surface area contributed by atoms with Crippen LogP contribution in [0, 0.1) is 6.92 Å². The summed E-state index contributed by atoms with van der Waals surface area (Å²) < 4.78 is 10.2. The predicted molar refractivity (Wildman–Crippen MR) is 89.3 cm³/mol. The van der Waals surface area contributed by atoms with Crippen LogP contribution in [0.1, 0.15) is 45.2 Å². The number of hydrogen-bond acceptors (Lipinski definition) is 4. The van der Waals surface area contributed by atoms with Gasteiger partial charge in [-0.05, 0) is 46.6 Å². The number of nitrogens with one attached hydrogen (secondary N) is 1. The van der Waals surface area contributed by atoms with Gasteiger partial charge >= 0.3 is 12.1 Å². The zero-order chi connectivity index (χ0) is 17.5. The lowest BCUT2D eigenvalue weighted by atomic mass is 10.0. The molecule has 128 valence electrons. The summed E-state index contributed by atoms with van der Waals surface area (Å²) in [6.07, 6.45) is 0.123. The topological polar surface area (TPSA) is 64.6 Å². The Hall–Kier alpha value is -2.04. The molecule has 0 aliphatic carbocycles. The van der Waals surface area contributed by atoms with Crippen molar-refractivity contribution in [1.82, 2.24) is 5.32 Å². The summed E-state index contributed by atoms with van der Waals surface area (Å²) in [5.74, 6) is -0.333. The van der Waals surface area contributed by atoms with Gasteiger partial charge in [-0.25, -0.2) is 4.79 Å². The quantitative estimate of drug-likeness (QED) is 0.816. The van der Waals surface area contributed by atoms with Gasteiger partial charge in [-0.1, -0.05) is 29.8 Å². The van der Waals surface area contributed by atoms with Crippen molar-refractivity contribution in [1.29, 1.82) is 0 Å². The van der Waals surface area contributed by atoms with Crippen molar-refractivity contribution < 1.29 is 19.1 Å². The minimum Gasteiger partial charge on any atom is -0.466 e. The maximum Gasteiger partial charge on any atom is 0.407 e. The van der Waals surface area contributed by atoms with Gasteiger partial charge in [0.1, 0.15) is 5.60 Å². The van der Waals surface area contributed by atoms with E-state index >= 15 is 0 Å². The number of benzene rings is 1. The van der Waals surface area contributed by atoms with Crippen LogP contribution in [0.25, 0.3) is 0 Å². The Morgan fingerprint density at radius 3 is 2.30 bits per heavy atom. The highest BCUT2D eigenvalue weighted by Gasteiger charge is 2.22. The number of esters is 1. The summed E-state index contributed by atoms with van der Waals surface area (Å²) in [4.78, 5) is 23.7. The zero-order valence-corrected chi connectivity index (χ0v) is 14.6. The standard InChI is InChI=1S/C18H27NO4/c1-6-22-16(20)12-15(19-17(21)23-18(3,4)5)11-14-9-7-13(2)8-10-14/h7-10,15H,6,11-12H2,1-5H3,(H,19,21)/t15-/m1/s1. The molecule has 0 aliphatic heterocycles. The lowest BCUT2D eigenvalue weighted by Crippen LogP contribution is -2.41.